The molecular formula is C13H20N5O6P. The number of aromatic nitrogens is 3. The number of nitrogen functional groups attached to an aromatic ring is 2. The summed E-state index contributed by atoms with van der Waals surface area (Å²) in [4.78, 5) is 17.3. The van der Waals surface area contributed by atoms with E-state index >= 15 is 0 Å². The number of nitrogens with two attached hydrogens (primary N) is 2. The molecule has 12 heteroatoms. The smallest absolute Gasteiger partial charge is 0.223 e. The van der Waals surface area contributed by atoms with Crippen molar-refractivity contribution in [2.45, 2.75) is 31.0 Å². The van der Waals surface area contributed by atoms with Crippen LogP contribution in [0.2, 0.25) is 0 Å². The molecule has 138 valence electrons. The van der Waals surface area contributed by atoms with Crippen molar-refractivity contribution in [1.82, 2.24) is 14.5 Å². The zero-order valence-electron chi connectivity index (χ0n) is 13.3. The third kappa shape index (κ3) is 3.15. The number of hydrogen-bond donors (Lipinski definition) is 6. The third-order valence-electron chi connectivity index (χ3n) is 4.13. The molecule has 25 heavy (non-hydrogen) atoms. The van der Waals surface area contributed by atoms with Crippen LogP contribution in [0, 0.1) is 0 Å². The highest BCUT2D eigenvalue weighted by molar-refractivity contribution is 7.45. The maximum absolute atomic E-state index is 10.7. The Morgan fingerprint density at radius 2 is 2.16 bits per heavy atom. The number of rotatable bonds is 5. The van der Waals surface area contributed by atoms with Gasteiger partial charge in [0, 0.05) is 6.20 Å². The lowest BCUT2D eigenvalue weighted by molar-refractivity contribution is -0.0945. The number of hydrogen-bond acceptors (Lipinski definition) is 10. The molecule has 1 aliphatic heterocycles. The molecule has 5 atom stereocenters. The van der Waals surface area contributed by atoms with E-state index in [2.05, 4.69) is 9.97 Å². The summed E-state index contributed by atoms with van der Waals surface area (Å²) < 4.78 is 12.3. The molecule has 0 saturated carbocycles. The summed E-state index contributed by atoms with van der Waals surface area (Å²) >= 11 is 0. The number of ether oxygens (including phenoxy) is 1. The van der Waals surface area contributed by atoms with E-state index in [1.54, 1.807) is 12.3 Å². The van der Waals surface area contributed by atoms with Crippen LogP contribution in [-0.2, 0) is 9.26 Å². The Morgan fingerprint density at radius 3 is 2.84 bits per heavy atom. The zero-order chi connectivity index (χ0) is 18.4. The Balaban J connectivity index is 1.92. The van der Waals surface area contributed by atoms with Crippen molar-refractivity contribution in [3.05, 3.63) is 12.3 Å². The van der Waals surface area contributed by atoms with Crippen LogP contribution in [0.15, 0.2) is 12.3 Å². The standard InChI is InChI=1S/C13H20N5O6P/c1-13(21)8(20)7(4-23-25(22)5-19)24-11(13)18-3-2-6-9(14)16-12(15)17-10(6)18/h2-3,7-8,11,19-22H,4-5H2,1H3,(H4,14,15,16,17)/t7-,8?,11-,13-,25?/m1/s1. The van der Waals surface area contributed by atoms with Gasteiger partial charge in [0.05, 0.1) is 12.0 Å². The molecule has 0 aromatic carbocycles. The Bertz CT molecular complexity index is 771. The largest absolute Gasteiger partial charge is 0.387 e. The maximum atomic E-state index is 10.7. The van der Waals surface area contributed by atoms with Gasteiger partial charge in [0.15, 0.2) is 14.6 Å². The molecule has 1 saturated heterocycles. The summed E-state index contributed by atoms with van der Waals surface area (Å²) in [5.74, 6) is 0.157. The van der Waals surface area contributed by atoms with Crippen molar-refractivity contribution >= 4 is 31.2 Å². The van der Waals surface area contributed by atoms with Crippen molar-refractivity contribution in [3.63, 3.8) is 0 Å². The highest BCUT2D eigenvalue weighted by Gasteiger charge is 2.53. The second kappa shape index (κ2) is 6.61. The molecule has 2 aromatic rings. The van der Waals surface area contributed by atoms with Crippen LogP contribution in [0.5, 0.6) is 0 Å². The summed E-state index contributed by atoms with van der Waals surface area (Å²) in [6.45, 7) is 1.21. The van der Waals surface area contributed by atoms with E-state index in [-0.39, 0.29) is 18.4 Å². The molecular weight excluding hydrogens is 353 g/mol. The van der Waals surface area contributed by atoms with E-state index in [9.17, 15) is 15.1 Å². The van der Waals surface area contributed by atoms with Crippen LogP contribution in [0.25, 0.3) is 11.0 Å². The van der Waals surface area contributed by atoms with Crippen molar-refractivity contribution in [2.24, 2.45) is 0 Å². The highest BCUT2D eigenvalue weighted by atomic mass is 31.2. The van der Waals surface area contributed by atoms with Gasteiger partial charge in [0.2, 0.25) is 5.95 Å². The van der Waals surface area contributed by atoms with Gasteiger partial charge in [-0.25, -0.2) is 0 Å². The second-order valence-corrected chi connectivity index (χ2v) is 7.16. The third-order valence-corrected chi connectivity index (χ3v) is 4.82. The lowest BCUT2D eigenvalue weighted by Gasteiger charge is -2.27. The first-order valence-electron chi connectivity index (χ1n) is 7.41. The van der Waals surface area contributed by atoms with E-state index in [1.807, 2.05) is 0 Å². The van der Waals surface area contributed by atoms with Gasteiger partial charge >= 0.3 is 0 Å². The predicted octanol–water partition coefficient (Wildman–Crippen LogP) is -1.12. The number of nitrogens with zero attached hydrogens (tertiary/aromatic N) is 3. The van der Waals surface area contributed by atoms with Crippen molar-refractivity contribution in [2.75, 3.05) is 24.4 Å². The number of aliphatic hydroxyl groups excluding tert-OH is 2. The predicted molar refractivity (Wildman–Crippen MR) is 89.1 cm³/mol. The summed E-state index contributed by atoms with van der Waals surface area (Å²) in [6, 6.07) is 1.65. The van der Waals surface area contributed by atoms with Gasteiger partial charge in [-0.05, 0) is 13.0 Å². The van der Waals surface area contributed by atoms with Crippen molar-refractivity contribution < 1.29 is 29.5 Å². The lowest BCUT2D eigenvalue weighted by Crippen LogP contribution is -2.44. The molecule has 0 aliphatic carbocycles. The van der Waals surface area contributed by atoms with Gasteiger partial charge in [0.1, 0.15) is 35.6 Å². The number of anilines is 2. The van der Waals surface area contributed by atoms with E-state index in [1.165, 1.54) is 11.5 Å². The lowest BCUT2D eigenvalue weighted by atomic mass is 9.96. The van der Waals surface area contributed by atoms with Gasteiger partial charge in [-0.3, -0.25) is 0 Å². The Morgan fingerprint density at radius 1 is 1.44 bits per heavy atom. The minimum atomic E-state index is -2.02. The van der Waals surface area contributed by atoms with Crippen LogP contribution in [0.3, 0.4) is 0 Å². The minimum Gasteiger partial charge on any atom is -0.387 e. The summed E-state index contributed by atoms with van der Waals surface area (Å²) in [6.07, 6.45) is -2.15. The summed E-state index contributed by atoms with van der Waals surface area (Å²) in [5, 5.41) is 30.4. The Hall–Kier alpha value is -1.59. The molecule has 1 aliphatic rings. The maximum Gasteiger partial charge on any atom is 0.223 e. The van der Waals surface area contributed by atoms with Gasteiger partial charge < -0.3 is 45.5 Å². The fourth-order valence-electron chi connectivity index (χ4n) is 2.84. The van der Waals surface area contributed by atoms with Gasteiger partial charge in [-0.2, -0.15) is 9.97 Å². The molecule has 0 bridgehead atoms. The molecule has 3 rings (SSSR count). The first-order chi connectivity index (χ1) is 11.8. The Labute approximate surface area is 143 Å². The molecule has 8 N–H and O–H groups in total. The van der Waals surface area contributed by atoms with Crippen LogP contribution >= 0.6 is 8.38 Å². The molecule has 3 heterocycles. The number of fused-ring (bicyclic) bond motifs is 1. The van der Waals surface area contributed by atoms with Crippen molar-refractivity contribution in [3.8, 4) is 0 Å². The van der Waals surface area contributed by atoms with E-state index in [0.29, 0.717) is 11.0 Å². The zero-order valence-corrected chi connectivity index (χ0v) is 14.2. The molecule has 0 radical (unpaired) electrons. The first kappa shape index (κ1) is 18.2. The Kier molecular flexibility index (Phi) is 4.82. The topological polar surface area (TPSA) is 182 Å². The fourth-order valence-corrected chi connectivity index (χ4v) is 3.24. The molecule has 1 fully saturated rings. The normalized spacial score (nSPS) is 30.8. The summed E-state index contributed by atoms with van der Waals surface area (Å²) in [5.41, 5.74) is 10.1. The van der Waals surface area contributed by atoms with E-state index in [4.69, 9.17) is 25.8 Å². The summed E-state index contributed by atoms with van der Waals surface area (Å²) in [7, 11) is -2.02. The van der Waals surface area contributed by atoms with Gasteiger partial charge in [0.25, 0.3) is 0 Å². The van der Waals surface area contributed by atoms with Crippen LogP contribution in [-0.4, -0.2) is 65.5 Å². The van der Waals surface area contributed by atoms with Gasteiger partial charge in [-0.15, -0.1) is 0 Å². The van der Waals surface area contributed by atoms with Crippen LogP contribution in [0.1, 0.15) is 13.2 Å². The molecule has 2 aromatic heterocycles. The number of aliphatic hydroxyl groups is 3. The second-order valence-electron chi connectivity index (χ2n) is 5.91. The fraction of sp³-hybridized carbons (Fsp3) is 0.538. The monoisotopic (exact) mass is 373 g/mol. The molecule has 0 spiro atoms. The average molecular weight is 373 g/mol. The average Bonchev–Trinajstić information content (AvgIpc) is 3.05. The van der Waals surface area contributed by atoms with Crippen LogP contribution < -0.4 is 11.5 Å². The molecule has 11 nitrogen and oxygen atoms in total. The first-order valence-corrected chi connectivity index (χ1v) is 8.81. The quantitative estimate of drug-likeness (QED) is 0.351. The SMILES string of the molecule is C[C@@]1(O)C(O)[C@@H](COP(O)CO)O[C@H]1n1ccc2c(N)nc(N)nc21. The van der Waals surface area contributed by atoms with Crippen LogP contribution in [0.4, 0.5) is 11.8 Å². The molecule has 0 amide bonds. The van der Waals surface area contributed by atoms with E-state index in [0.717, 1.165) is 0 Å². The molecule has 2 unspecified atom stereocenters. The minimum absolute atomic E-state index is 0.0307. The van der Waals surface area contributed by atoms with E-state index < -0.39 is 38.8 Å². The highest BCUT2D eigenvalue weighted by Crippen LogP contribution is 2.41. The van der Waals surface area contributed by atoms with Crippen molar-refractivity contribution in [1.29, 1.82) is 0 Å². The van der Waals surface area contributed by atoms with Gasteiger partial charge in [-0.1, -0.05) is 0 Å².